The summed E-state index contributed by atoms with van der Waals surface area (Å²) in [7, 11) is 2.00. The van der Waals surface area contributed by atoms with E-state index in [1.165, 1.54) is 5.56 Å². The van der Waals surface area contributed by atoms with Gasteiger partial charge < -0.3 is 9.88 Å². The SMILES string of the molecule is CC(C)c1ccc(Nc2ccn(C)c2)nc1. The number of pyridine rings is 1. The van der Waals surface area contributed by atoms with Crippen LogP contribution >= 0.6 is 0 Å². The molecule has 0 aliphatic carbocycles. The molecule has 0 unspecified atom stereocenters. The zero-order chi connectivity index (χ0) is 11.5. The highest BCUT2D eigenvalue weighted by Crippen LogP contribution is 2.17. The summed E-state index contributed by atoms with van der Waals surface area (Å²) in [5, 5.41) is 3.26. The first kappa shape index (κ1) is 10.7. The van der Waals surface area contributed by atoms with Gasteiger partial charge in [-0.2, -0.15) is 0 Å². The average Bonchev–Trinajstić information content (AvgIpc) is 2.65. The average molecular weight is 215 g/mol. The van der Waals surface area contributed by atoms with Crippen LogP contribution in [-0.2, 0) is 7.05 Å². The summed E-state index contributed by atoms with van der Waals surface area (Å²) in [6.45, 7) is 4.34. The third kappa shape index (κ3) is 2.42. The van der Waals surface area contributed by atoms with E-state index in [1.54, 1.807) is 0 Å². The lowest BCUT2D eigenvalue weighted by Gasteiger charge is -2.06. The highest BCUT2D eigenvalue weighted by molar-refractivity contribution is 5.55. The second-order valence-electron chi connectivity index (χ2n) is 4.32. The van der Waals surface area contributed by atoms with E-state index in [-0.39, 0.29) is 0 Å². The van der Waals surface area contributed by atoms with Gasteiger partial charge in [-0.05, 0) is 23.6 Å². The van der Waals surface area contributed by atoms with Gasteiger partial charge in [0.1, 0.15) is 5.82 Å². The Hall–Kier alpha value is -1.77. The minimum absolute atomic E-state index is 0.526. The van der Waals surface area contributed by atoms with Gasteiger partial charge in [0, 0.05) is 25.6 Å². The Labute approximate surface area is 96.1 Å². The largest absolute Gasteiger partial charge is 0.355 e. The molecule has 0 saturated heterocycles. The Morgan fingerprint density at radius 3 is 2.56 bits per heavy atom. The van der Waals surface area contributed by atoms with Crippen molar-refractivity contribution in [1.82, 2.24) is 9.55 Å². The van der Waals surface area contributed by atoms with Crippen LogP contribution in [0.15, 0.2) is 36.8 Å². The Morgan fingerprint density at radius 2 is 2.06 bits per heavy atom. The highest BCUT2D eigenvalue weighted by atomic mass is 15.0. The standard InChI is InChI=1S/C13H17N3/c1-10(2)11-4-5-13(14-8-11)15-12-6-7-16(3)9-12/h4-10H,1-3H3,(H,14,15). The molecule has 0 radical (unpaired) electrons. The van der Waals surface area contributed by atoms with Crippen molar-refractivity contribution in [1.29, 1.82) is 0 Å². The van der Waals surface area contributed by atoms with Crippen LogP contribution < -0.4 is 5.32 Å². The Morgan fingerprint density at radius 1 is 1.25 bits per heavy atom. The van der Waals surface area contributed by atoms with E-state index in [2.05, 4.69) is 30.2 Å². The van der Waals surface area contributed by atoms with Gasteiger partial charge in [0.25, 0.3) is 0 Å². The topological polar surface area (TPSA) is 29.9 Å². The number of rotatable bonds is 3. The first-order valence-electron chi connectivity index (χ1n) is 5.50. The minimum atomic E-state index is 0.526. The molecule has 0 fully saturated rings. The van der Waals surface area contributed by atoms with Gasteiger partial charge in [-0.25, -0.2) is 4.98 Å². The summed E-state index contributed by atoms with van der Waals surface area (Å²) < 4.78 is 2.00. The van der Waals surface area contributed by atoms with Gasteiger partial charge in [-0.3, -0.25) is 0 Å². The highest BCUT2D eigenvalue weighted by Gasteiger charge is 2.00. The van der Waals surface area contributed by atoms with Gasteiger partial charge in [0.2, 0.25) is 0 Å². The van der Waals surface area contributed by atoms with Crippen LogP contribution in [0.2, 0.25) is 0 Å². The predicted octanol–water partition coefficient (Wildman–Crippen LogP) is 3.29. The molecule has 0 aliphatic heterocycles. The Bertz CT molecular complexity index is 454. The molecule has 84 valence electrons. The maximum Gasteiger partial charge on any atom is 0.130 e. The van der Waals surface area contributed by atoms with Gasteiger partial charge in [0.05, 0.1) is 5.69 Å². The lowest BCUT2D eigenvalue weighted by Crippen LogP contribution is -1.94. The van der Waals surface area contributed by atoms with Crippen LogP contribution in [0.1, 0.15) is 25.3 Å². The molecular weight excluding hydrogens is 198 g/mol. The molecule has 0 bridgehead atoms. The zero-order valence-corrected chi connectivity index (χ0v) is 9.94. The summed E-state index contributed by atoms with van der Waals surface area (Å²) in [6.07, 6.45) is 5.96. The van der Waals surface area contributed by atoms with Gasteiger partial charge in [-0.15, -0.1) is 0 Å². The molecule has 0 spiro atoms. The molecule has 1 N–H and O–H groups in total. The fraction of sp³-hybridized carbons (Fsp3) is 0.308. The number of aryl methyl sites for hydroxylation is 1. The molecule has 16 heavy (non-hydrogen) atoms. The van der Waals surface area contributed by atoms with Crippen LogP contribution in [0.5, 0.6) is 0 Å². The molecule has 3 nitrogen and oxygen atoms in total. The van der Waals surface area contributed by atoms with Crippen molar-refractivity contribution in [2.45, 2.75) is 19.8 Å². The smallest absolute Gasteiger partial charge is 0.130 e. The molecule has 2 aromatic heterocycles. The number of hydrogen-bond donors (Lipinski definition) is 1. The van der Waals surface area contributed by atoms with Crippen molar-refractivity contribution < 1.29 is 0 Å². The summed E-state index contributed by atoms with van der Waals surface area (Å²) in [4.78, 5) is 4.38. The quantitative estimate of drug-likeness (QED) is 0.851. The number of aromatic nitrogens is 2. The summed E-state index contributed by atoms with van der Waals surface area (Å²) in [6, 6.07) is 6.16. The lowest BCUT2D eigenvalue weighted by molar-refractivity contribution is 0.859. The zero-order valence-electron chi connectivity index (χ0n) is 9.94. The molecule has 0 amide bonds. The van der Waals surface area contributed by atoms with Gasteiger partial charge in [0.15, 0.2) is 0 Å². The van der Waals surface area contributed by atoms with Crippen LogP contribution in [0.4, 0.5) is 11.5 Å². The van der Waals surface area contributed by atoms with E-state index >= 15 is 0 Å². The molecule has 2 aromatic rings. The van der Waals surface area contributed by atoms with E-state index in [1.807, 2.05) is 42.3 Å². The lowest BCUT2D eigenvalue weighted by atomic mass is 10.1. The maximum atomic E-state index is 4.38. The van der Waals surface area contributed by atoms with Crippen LogP contribution in [-0.4, -0.2) is 9.55 Å². The molecule has 0 aromatic carbocycles. The molecular formula is C13H17N3. The van der Waals surface area contributed by atoms with E-state index in [4.69, 9.17) is 0 Å². The fourth-order valence-corrected chi connectivity index (χ4v) is 1.55. The second-order valence-corrected chi connectivity index (χ2v) is 4.32. The van der Waals surface area contributed by atoms with E-state index in [0.29, 0.717) is 5.92 Å². The van der Waals surface area contributed by atoms with Gasteiger partial charge in [-0.1, -0.05) is 19.9 Å². The summed E-state index contributed by atoms with van der Waals surface area (Å²) in [5.74, 6) is 1.41. The molecule has 0 atom stereocenters. The number of nitrogens with one attached hydrogen (secondary N) is 1. The maximum absolute atomic E-state index is 4.38. The third-order valence-corrected chi connectivity index (χ3v) is 2.56. The predicted molar refractivity (Wildman–Crippen MR) is 67.0 cm³/mol. The second kappa shape index (κ2) is 4.39. The number of nitrogens with zero attached hydrogens (tertiary/aromatic N) is 2. The number of anilines is 2. The first-order chi connectivity index (χ1) is 7.65. The van der Waals surface area contributed by atoms with Crippen molar-refractivity contribution in [3.05, 3.63) is 42.4 Å². The van der Waals surface area contributed by atoms with Crippen molar-refractivity contribution in [3.63, 3.8) is 0 Å². The molecule has 0 saturated carbocycles. The van der Waals surface area contributed by atoms with E-state index in [9.17, 15) is 0 Å². The summed E-state index contributed by atoms with van der Waals surface area (Å²) in [5.41, 5.74) is 2.32. The fourth-order valence-electron chi connectivity index (χ4n) is 1.55. The number of hydrogen-bond acceptors (Lipinski definition) is 2. The van der Waals surface area contributed by atoms with Crippen LogP contribution in [0, 0.1) is 0 Å². The molecule has 0 aliphatic rings. The first-order valence-corrected chi connectivity index (χ1v) is 5.50. The van der Waals surface area contributed by atoms with E-state index < -0.39 is 0 Å². The third-order valence-electron chi connectivity index (χ3n) is 2.56. The summed E-state index contributed by atoms with van der Waals surface area (Å²) >= 11 is 0. The van der Waals surface area contributed by atoms with Crippen molar-refractivity contribution >= 4 is 11.5 Å². The van der Waals surface area contributed by atoms with E-state index in [0.717, 1.165) is 11.5 Å². The minimum Gasteiger partial charge on any atom is -0.355 e. The van der Waals surface area contributed by atoms with Crippen LogP contribution in [0.25, 0.3) is 0 Å². The van der Waals surface area contributed by atoms with Crippen molar-refractivity contribution in [2.24, 2.45) is 7.05 Å². The molecule has 2 heterocycles. The Kier molecular flexibility index (Phi) is 2.95. The van der Waals surface area contributed by atoms with Gasteiger partial charge >= 0.3 is 0 Å². The Balaban J connectivity index is 2.11. The van der Waals surface area contributed by atoms with Crippen molar-refractivity contribution in [2.75, 3.05) is 5.32 Å². The molecule has 3 heteroatoms. The van der Waals surface area contributed by atoms with Crippen LogP contribution in [0.3, 0.4) is 0 Å². The normalized spacial score (nSPS) is 10.8. The molecule has 2 rings (SSSR count). The monoisotopic (exact) mass is 215 g/mol. The van der Waals surface area contributed by atoms with Crippen molar-refractivity contribution in [3.8, 4) is 0 Å².